The van der Waals surface area contributed by atoms with E-state index in [1.165, 1.54) is 6.92 Å². The normalized spacial score (nSPS) is 21.0. The highest BCUT2D eigenvalue weighted by molar-refractivity contribution is 5.90. The summed E-state index contributed by atoms with van der Waals surface area (Å²) in [6.07, 6.45) is -2.18. The number of rotatable bonds is 6. The SMILES string of the molecule is CC(=O)O[C@@H]1C[C@@H](OC(=O)c2ccccc2)[C@@H](COC(=O)c2ccccc2)O1. The molecular weight excluding hydrogens is 364 g/mol. The van der Waals surface area contributed by atoms with Gasteiger partial charge in [-0.2, -0.15) is 0 Å². The molecule has 0 saturated carbocycles. The highest BCUT2D eigenvalue weighted by Gasteiger charge is 2.40. The monoisotopic (exact) mass is 384 g/mol. The average molecular weight is 384 g/mol. The molecule has 1 heterocycles. The van der Waals surface area contributed by atoms with Gasteiger partial charge < -0.3 is 18.9 Å². The van der Waals surface area contributed by atoms with Gasteiger partial charge >= 0.3 is 17.9 Å². The van der Waals surface area contributed by atoms with E-state index in [9.17, 15) is 14.4 Å². The Labute approximate surface area is 162 Å². The zero-order chi connectivity index (χ0) is 19.9. The molecule has 2 aromatic carbocycles. The lowest BCUT2D eigenvalue weighted by Gasteiger charge is -2.18. The smallest absolute Gasteiger partial charge is 0.338 e. The Morgan fingerprint density at radius 2 is 1.46 bits per heavy atom. The Morgan fingerprint density at radius 3 is 2.04 bits per heavy atom. The van der Waals surface area contributed by atoms with Crippen LogP contribution < -0.4 is 0 Å². The van der Waals surface area contributed by atoms with Crippen molar-refractivity contribution in [3.8, 4) is 0 Å². The van der Waals surface area contributed by atoms with Crippen LogP contribution in [0.25, 0.3) is 0 Å². The minimum absolute atomic E-state index is 0.141. The van der Waals surface area contributed by atoms with Crippen LogP contribution in [0.1, 0.15) is 34.1 Å². The van der Waals surface area contributed by atoms with Crippen LogP contribution in [0.5, 0.6) is 0 Å². The molecule has 3 atom stereocenters. The van der Waals surface area contributed by atoms with Crippen molar-refractivity contribution in [3.05, 3.63) is 71.8 Å². The average Bonchev–Trinajstić information content (AvgIpc) is 3.07. The molecule has 146 valence electrons. The summed E-state index contributed by atoms with van der Waals surface area (Å²) in [4.78, 5) is 35.7. The first-order valence-electron chi connectivity index (χ1n) is 8.84. The first kappa shape index (κ1) is 19.6. The summed E-state index contributed by atoms with van der Waals surface area (Å²) < 4.78 is 21.5. The van der Waals surface area contributed by atoms with Crippen LogP contribution in [0.3, 0.4) is 0 Å². The number of hydrogen-bond donors (Lipinski definition) is 0. The molecule has 0 aromatic heterocycles. The van der Waals surface area contributed by atoms with Crippen molar-refractivity contribution in [1.29, 1.82) is 0 Å². The molecule has 1 aliphatic rings. The third-order valence-corrected chi connectivity index (χ3v) is 4.12. The number of carbonyl (C=O) groups excluding carboxylic acids is 3. The summed E-state index contributed by atoms with van der Waals surface area (Å²) in [6, 6.07) is 17.0. The molecule has 7 heteroatoms. The fourth-order valence-electron chi connectivity index (χ4n) is 2.81. The first-order chi connectivity index (χ1) is 13.5. The topological polar surface area (TPSA) is 88.1 Å². The van der Waals surface area contributed by atoms with Crippen molar-refractivity contribution < 1.29 is 33.3 Å². The molecule has 0 unspecified atom stereocenters. The van der Waals surface area contributed by atoms with Gasteiger partial charge in [-0.05, 0) is 24.3 Å². The number of esters is 3. The maximum atomic E-state index is 12.3. The summed E-state index contributed by atoms with van der Waals surface area (Å²) in [5.41, 5.74) is 0.785. The standard InChI is InChI=1S/C21H20O7/c1-14(22)26-19-12-17(28-21(24)16-10-6-3-7-11-16)18(27-19)13-25-20(23)15-8-4-2-5-9-15/h2-11,17-19H,12-13H2,1H3/t17-,18-,19+/m1/s1. The maximum absolute atomic E-state index is 12.3. The van der Waals surface area contributed by atoms with E-state index in [1.54, 1.807) is 60.7 Å². The molecule has 0 spiro atoms. The second kappa shape index (κ2) is 9.14. The van der Waals surface area contributed by atoms with Crippen LogP contribution in [-0.2, 0) is 23.7 Å². The van der Waals surface area contributed by atoms with Crippen LogP contribution in [0.2, 0.25) is 0 Å². The van der Waals surface area contributed by atoms with Gasteiger partial charge in [0.1, 0.15) is 18.8 Å². The van der Waals surface area contributed by atoms with Crippen molar-refractivity contribution in [2.24, 2.45) is 0 Å². The van der Waals surface area contributed by atoms with Crippen LogP contribution in [-0.4, -0.2) is 43.0 Å². The predicted octanol–water partition coefficient (Wildman–Crippen LogP) is 2.75. The van der Waals surface area contributed by atoms with Gasteiger partial charge in [0, 0.05) is 6.92 Å². The van der Waals surface area contributed by atoms with Crippen molar-refractivity contribution in [2.75, 3.05) is 6.61 Å². The van der Waals surface area contributed by atoms with Crippen molar-refractivity contribution >= 4 is 17.9 Å². The molecule has 0 N–H and O–H groups in total. The molecule has 28 heavy (non-hydrogen) atoms. The quantitative estimate of drug-likeness (QED) is 0.559. The Hall–Kier alpha value is -3.19. The lowest BCUT2D eigenvalue weighted by molar-refractivity contribution is -0.175. The van der Waals surface area contributed by atoms with Gasteiger partial charge in [0.2, 0.25) is 6.29 Å². The van der Waals surface area contributed by atoms with Gasteiger partial charge in [-0.25, -0.2) is 9.59 Å². The molecule has 1 aliphatic heterocycles. The van der Waals surface area contributed by atoms with Gasteiger partial charge in [0.15, 0.2) is 0 Å². The van der Waals surface area contributed by atoms with E-state index in [-0.39, 0.29) is 13.0 Å². The summed E-state index contributed by atoms with van der Waals surface area (Å²) in [5, 5.41) is 0. The zero-order valence-electron chi connectivity index (χ0n) is 15.3. The lowest BCUT2D eigenvalue weighted by Crippen LogP contribution is -2.32. The summed E-state index contributed by atoms with van der Waals surface area (Å²) in [6.45, 7) is 1.12. The highest BCUT2D eigenvalue weighted by atomic mass is 16.7. The molecule has 0 aliphatic carbocycles. The van der Waals surface area contributed by atoms with Gasteiger partial charge in [-0.1, -0.05) is 36.4 Å². The van der Waals surface area contributed by atoms with E-state index in [0.717, 1.165) is 0 Å². The maximum Gasteiger partial charge on any atom is 0.338 e. The number of hydrogen-bond acceptors (Lipinski definition) is 7. The van der Waals surface area contributed by atoms with Crippen LogP contribution in [0.4, 0.5) is 0 Å². The van der Waals surface area contributed by atoms with E-state index in [2.05, 4.69) is 0 Å². The van der Waals surface area contributed by atoms with Gasteiger partial charge in [0.05, 0.1) is 17.5 Å². The summed E-state index contributed by atoms with van der Waals surface area (Å²) >= 11 is 0. The van der Waals surface area contributed by atoms with Gasteiger partial charge in [-0.3, -0.25) is 4.79 Å². The summed E-state index contributed by atoms with van der Waals surface area (Å²) in [7, 11) is 0. The van der Waals surface area contributed by atoms with Crippen LogP contribution in [0.15, 0.2) is 60.7 Å². The zero-order valence-corrected chi connectivity index (χ0v) is 15.3. The van der Waals surface area contributed by atoms with Crippen molar-refractivity contribution in [3.63, 3.8) is 0 Å². The fourth-order valence-corrected chi connectivity index (χ4v) is 2.81. The van der Waals surface area contributed by atoms with Crippen LogP contribution in [0, 0.1) is 0 Å². The third kappa shape index (κ3) is 5.17. The molecule has 7 nitrogen and oxygen atoms in total. The summed E-state index contributed by atoms with van der Waals surface area (Å²) in [5.74, 6) is -1.56. The molecule has 1 fully saturated rings. The fraction of sp³-hybridized carbons (Fsp3) is 0.286. The first-order valence-corrected chi connectivity index (χ1v) is 8.84. The largest absolute Gasteiger partial charge is 0.459 e. The van der Waals surface area contributed by atoms with Crippen molar-refractivity contribution in [2.45, 2.75) is 31.8 Å². The highest BCUT2D eigenvalue weighted by Crippen LogP contribution is 2.26. The van der Waals surface area contributed by atoms with Gasteiger partial charge in [-0.15, -0.1) is 0 Å². The minimum Gasteiger partial charge on any atom is -0.459 e. The Morgan fingerprint density at radius 1 is 0.893 bits per heavy atom. The van der Waals surface area contributed by atoms with E-state index in [4.69, 9.17) is 18.9 Å². The number of benzene rings is 2. The van der Waals surface area contributed by atoms with Crippen molar-refractivity contribution in [1.82, 2.24) is 0 Å². The molecule has 1 saturated heterocycles. The van der Waals surface area contributed by atoms with Gasteiger partial charge in [0.25, 0.3) is 0 Å². The van der Waals surface area contributed by atoms with E-state index < -0.39 is 36.4 Å². The Balaban J connectivity index is 1.64. The predicted molar refractivity (Wildman–Crippen MR) is 97.4 cm³/mol. The third-order valence-electron chi connectivity index (χ3n) is 4.12. The number of carbonyl (C=O) groups is 3. The molecule has 3 rings (SSSR count). The Kier molecular flexibility index (Phi) is 6.39. The lowest BCUT2D eigenvalue weighted by atomic mass is 10.1. The minimum atomic E-state index is -0.869. The number of ether oxygens (including phenoxy) is 4. The second-order valence-corrected chi connectivity index (χ2v) is 6.22. The second-order valence-electron chi connectivity index (χ2n) is 6.22. The molecular formula is C21H20O7. The van der Waals surface area contributed by atoms with E-state index in [1.807, 2.05) is 0 Å². The molecule has 2 aromatic rings. The van der Waals surface area contributed by atoms with E-state index in [0.29, 0.717) is 11.1 Å². The Bertz CT molecular complexity index is 819. The molecule has 0 bridgehead atoms. The van der Waals surface area contributed by atoms with E-state index >= 15 is 0 Å². The molecule has 0 radical (unpaired) electrons. The van der Waals surface area contributed by atoms with Crippen LogP contribution >= 0.6 is 0 Å². The molecule has 0 amide bonds.